The Kier molecular flexibility index (Phi) is 4.20. The van der Waals surface area contributed by atoms with E-state index >= 15 is 0 Å². The van der Waals surface area contributed by atoms with Gasteiger partial charge in [0.25, 0.3) is 0 Å². The van der Waals surface area contributed by atoms with Crippen LogP contribution in [0.4, 0.5) is 0 Å². The van der Waals surface area contributed by atoms with Crippen molar-refractivity contribution < 1.29 is 4.79 Å². The molecule has 0 N–H and O–H groups in total. The predicted molar refractivity (Wildman–Crippen MR) is 103 cm³/mol. The molecule has 0 aliphatic heterocycles. The Balaban J connectivity index is 1.78. The largest absolute Gasteiger partial charge is 0.296 e. The minimum absolute atomic E-state index is 0.608. The van der Waals surface area contributed by atoms with E-state index in [0.29, 0.717) is 5.69 Å². The second kappa shape index (κ2) is 6.65. The SMILES string of the molecule is CCCc1ccc(-c2nc3sc(-c4ccccc4)cn3c2C=O)cc1. The summed E-state index contributed by atoms with van der Waals surface area (Å²) < 4.78 is 1.90. The maximum Gasteiger partial charge on any atom is 0.195 e. The lowest BCUT2D eigenvalue weighted by Crippen LogP contribution is -1.91. The van der Waals surface area contributed by atoms with Crippen LogP contribution in [-0.2, 0) is 6.42 Å². The lowest BCUT2D eigenvalue weighted by Gasteiger charge is -2.02. The van der Waals surface area contributed by atoms with E-state index < -0.39 is 0 Å². The molecule has 0 bridgehead atoms. The standard InChI is InChI=1S/C21H18N2OS/c1-2-6-15-9-11-17(12-10-15)20-18(14-24)23-13-19(25-21(23)22-20)16-7-4-3-5-8-16/h3-5,7-14H,2,6H2,1H3. The van der Waals surface area contributed by atoms with Crippen LogP contribution in [0.25, 0.3) is 26.7 Å². The fourth-order valence-electron chi connectivity index (χ4n) is 3.04. The molecule has 3 nitrogen and oxygen atoms in total. The normalized spacial score (nSPS) is 11.1. The number of thiazole rings is 1. The summed E-state index contributed by atoms with van der Waals surface area (Å²) in [6.07, 6.45) is 5.10. The highest BCUT2D eigenvalue weighted by Gasteiger charge is 2.16. The Morgan fingerprint density at radius 2 is 1.80 bits per heavy atom. The van der Waals surface area contributed by atoms with Crippen molar-refractivity contribution in [3.8, 4) is 21.7 Å². The highest BCUT2D eigenvalue weighted by Crippen LogP contribution is 2.32. The van der Waals surface area contributed by atoms with Crippen LogP contribution in [-0.4, -0.2) is 15.7 Å². The molecular weight excluding hydrogens is 328 g/mol. The smallest absolute Gasteiger partial charge is 0.195 e. The van der Waals surface area contributed by atoms with Crippen LogP contribution in [0.5, 0.6) is 0 Å². The Labute approximate surface area is 150 Å². The fourth-order valence-corrected chi connectivity index (χ4v) is 4.04. The average Bonchev–Trinajstić information content (AvgIpc) is 3.21. The van der Waals surface area contributed by atoms with Crippen LogP contribution in [0.2, 0.25) is 0 Å². The van der Waals surface area contributed by atoms with E-state index in [0.717, 1.165) is 45.8 Å². The first-order valence-corrected chi connectivity index (χ1v) is 9.23. The molecule has 0 aliphatic rings. The molecular formula is C21H18N2OS. The predicted octanol–water partition coefficient (Wildman–Crippen LogP) is 5.49. The molecule has 2 heterocycles. The number of nitrogens with zero attached hydrogens (tertiary/aromatic N) is 2. The van der Waals surface area contributed by atoms with Gasteiger partial charge in [0.15, 0.2) is 11.2 Å². The minimum atomic E-state index is 0.608. The highest BCUT2D eigenvalue weighted by molar-refractivity contribution is 7.20. The summed E-state index contributed by atoms with van der Waals surface area (Å²) in [7, 11) is 0. The fraction of sp³-hybridized carbons (Fsp3) is 0.143. The lowest BCUT2D eigenvalue weighted by molar-refractivity contribution is 0.111. The third kappa shape index (κ3) is 2.89. The molecule has 124 valence electrons. The molecule has 2 aromatic heterocycles. The molecule has 0 amide bonds. The van der Waals surface area contributed by atoms with Gasteiger partial charge in [0.1, 0.15) is 11.4 Å². The van der Waals surface area contributed by atoms with Crippen molar-refractivity contribution in [1.82, 2.24) is 9.38 Å². The topological polar surface area (TPSA) is 34.4 Å². The Morgan fingerprint density at radius 3 is 2.48 bits per heavy atom. The van der Waals surface area contributed by atoms with Crippen molar-refractivity contribution in [3.05, 3.63) is 72.1 Å². The zero-order valence-corrected chi connectivity index (χ0v) is 14.8. The van der Waals surface area contributed by atoms with Gasteiger partial charge < -0.3 is 0 Å². The maximum atomic E-state index is 11.7. The average molecular weight is 346 g/mol. The molecule has 4 heteroatoms. The summed E-state index contributed by atoms with van der Waals surface area (Å²) in [4.78, 5) is 18.4. The van der Waals surface area contributed by atoms with Gasteiger partial charge in [-0.2, -0.15) is 0 Å². The molecule has 4 rings (SSSR count). The maximum absolute atomic E-state index is 11.7. The van der Waals surface area contributed by atoms with E-state index in [9.17, 15) is 4.79 Å². The number of benzene rings is 2. The van der Waals surface area contributed by atoms with Gasteiger partial charge in [0.2, 0.25) is 0 Å². The van der Waals surface area contributed by atoms with E-state index in [1.54, 1.807) is 11.3 Å². The second-order valence-electron chi connectivity index (χ2n) is 6.02. The van der Waals surface area contributed by atoms with Gasteiger partial charge in [-0.15, -0.1) is 0 Å². The summed E-state index contributed by atoms with van der Waals surface area (Å²) in [6.45, 7) is 2.17. The number of carbonyl (C=O) groups excluding carboxylic acids is 1. The third-order valence-corrected chi connectivity index (χ3v) is 5.33. The quantitative estimate of drug-likeness (QED) is 0.448. The Hall–Kier alpha value is -2.72. The van der Waals surface area contributed by atoms with Crippen LogP contribution in [0.3, 0.4) is 0 Å². The molecule has 25 heavy (non-hydrogen) atoms. The van der Waals surface area contributed by atoms with Crippen LogP contribution in [0, 0.1) is 0 Å². The summed E-state index contributed by atoms with van der Waals surface area (Å²) in [5.74, 6) is 0. The molecule has 0 atom stereocenters. The number of rotatable bonds is 5. The Bertz CT molecular complexity index is 1010. The van der Waals surface area contributed by atoms with E-state index in [1.165, 1.54) is 5.56 Å². The first-order valence-electron chi connectivity index (χ1n) is 8.42. The number of carbonyl (C=O) groups is 1. The van der Waals surface area contributed by atoms with Crippen molar-refractivity contribution in [2.75, 3.05) is 0 Å². The summed E-state index contributed by atoms with van der Waals surface area (Å²) in [6, 6.07) is 18.5. The number of hydrogen-bond donors (Lipinski definition) is 0. The number of aryl methyl sites for hydroxylation is 1. The van der Waals surface area contributed by atoms with Gasteiger partial charge in [-0.3, -0.25) is 9.20 Å². The zero-order chi connectivity index (χ0) is 17.2. The highest BCUT2D eigenvalue weighted by atomic mass is 32.1. The molecule has 4 aromatic rings. The van der Waals surface area contributed by atoms with E-state index in [4.69, 9.17) is 4.98 Å². The second-order valence-corrected chi connectivity index (χ2v) is 7.03. The van der Waals surface area contributed by atoms with Crippen LogP contribution < -0.4 is 0 Å². The van der Waals surface area contributed by atoms with Gasteiger partial charge >= 0.3 is 0 Å². The molecule has 0 saturated heterocycles. The number of aldehydes is 1. The first-order chi connectivity index (χ1) is 12.3. The minimum Gasteiger partial charge on any atom is -0.296 e. The van der Waals surface area contributed by atoms with Gasteiger partial charge in [0, 0.05) is 11.8 Å². The van der Waals surface area contributed by atoms with Crippen LogP contribution in [0.1, 0.15) is 29.4 Å². The van der Waals surface area contributed by atoms with Gasteiger partial charge in [-0.05, 0) is 17.5 Å². The molecule has 0 spiro atoms. The van der Waals surface area contributed by atoms with Crippen LogP contribution >= 0.6 is 11.3 Å². The zero-order valence-electron chi connectivity index (χ0n) is 14.0. The third-order valence-electron chi connectivity index (χ3n) is 4.30. The molecule has 0 fully saturated rings. The number of hydrogen-bond acceptors (Lipinski definition) is 3. The number of aromatic nitrogens is 2. The molecule has 0 radical (unpaired) electrons. The molecule has 0 saturated carbocycles. The van der Waals surface area contributed by atoms with Crippen LogP contribution in [0.15, 0.2) is 60.8 Å². The lowest BCUT2D eigenvalue weighted by atomic mass is 10.1. The molecule has 2 aromatic carbocycles. The Morgan fingerprint density at radius 1 is 1.04 bits per heavy atom. The van der Waals surface area contributed by atoms with Crippen molar-refractivity contribution in [3.63, 3.8) is 0 Å². The monoisotopic (exact) mass is 346 g/mol. The van der Waals surface area contributed by atoms with Crippen molar-refractivity contribution in [2.45, 2.75) is 19.8 Å². The number of imidazole rings is 1. The van der Waals surface area contributed by atoms with E-state index in [2.05, 4.69) is 43.3 Å². The van der Waals surface area contributed by atoms with Gasteiger partial charge in [-0.1, -0.05) is 79.3 Å². The summed E-state index contributed by atoms with van der Waals surface area (Å²) in [5, 5.41) is 0. The van der Waals surface area contributed by atoms with E-state index in [-0.39, 0.29) is 0 Å². The summed E-state index contributed by atoms with van der Waals surface area (Å²) in [5.41, 5.74) is 4.80. The van der Waals surface area contributed by atoms with Gasteiger partial charge in [-0.25, -0.2) is 4.98 Å². The first kappa shape index (κ1) is 15.8. The summed E-state index contributed by atoms with van der Waals surface area (Å²) >= 11 is 1.60. The van der Waals surface area contributed by atoms with Crippen molar-refractivity contribution in [2.24, 2.45) is 0 Å². The van der Waals surface area contributed by atoms with Gasteiger partial charge in [0.05, 0.1) is 4.88 Å². The van der Waals surface area contributed by atoms with Crippen molar-refractivity contribution in [1.29, 1.82) is 0 Å². The van der Waals surface area contributed by atoms with E-state index in [1.807, 2.05) is 28.8 Å². The molecule has 0 unspecified atom stereocenters. The molecule has 0 aliphatic carbocycles. The van der Waals surface area contributed by atoms with Crippen molar-refractivity contribution >= 4 is 22.6 Å². The number of fused-ring (bicyclic) bond motifs is 1.